The van der Waals surface area contributed by atoms with E-state index in [1.807, 2.05) is 18.5 Å². The van der Waals surface area contributed by atoms with Crippen molar-refractivity contribution in [3.05, 3.63) is 48.1 Å². The second kappa shape index (κ2) is 5.96. The number of hydrogen-bond acceptors (Lipinski definition) is 4. The highest BCUT2D eigenvalue weighted by molar-refractivity contribution is 5.90. The van der Waals surface area contributed by atoms with E-state index >= 15 is 0 Å². The summed E-state index contributed by atoms with van der Waals surface area (Å²) in [6, 6.07) is 4.12. The van der Waals surface area contributed by atoms with Gasteiger partial charge in [0.25, 0.3) is 0 Å². The van der Waals surface area contributed by atoms with E-state index in [1.54, 1.807) is 4.80 Å². The van der Waals surface area contributed by atoms with Crippen LogP contribution in [0.4, 0.5) is 0 Å². The zero-order chi connectivity index (χ0) is 15.6. The molecule has 0 atom stereocenters. The second-order valence-corrected chi connectivity index (χ2v) is 5.84. The molecule has 0 aliphatic carbocycles. The Bertz CT molecular complexity index is 844. The minimum atomic E-state index is 0.818. The summed E-state index contributed by atoms with van der Waals surface area (Å²) in [5, 5.41) is 9.91. The van der Waals surface area contributed by atoms with Gasteiger partial charge in [-0.05, 0) is 31.1 Å². The molecule has 0 bridgehead atoms. The summed E-state index contributed by atoms with van der Waals surface area (Å²) >= 11 is 0. The first-order valence-corrected chi connectivity index (χ1v) is 8.06. The van der Waals surface area contributed by atoms with Crippen LogP contribution >= 0.6 is 0 Å². The normalized spacial score (nSPS) is 16.0. The van der Waals surface area contributed by atoms with Crippen LogP contribution in [0.25, 0.3) is 16.6 Å². The molecule has 4 heterocycles. The molecule has 0 amide bonds. The third-order valence-electron chi connectivity index (χ3n) is 4.34. The molecule has 0 aromatic carbocycles. The molecule has 0 fully saturated rings. The number of aromatic nitrogens is 5. The molecule has 1 aliphatic heterocycles. The van der Waals surface area contributed by atoms with Crippen molar-refractivity contribution in [1.82, 2.24) is 29.9 Å². The number of rotatable bonds is 4. The van der Waals surface area contributed by atoms with Gasteiger partial charge >= 0.3 is 0 Å². The number of nitrogens with zero attached hydrogens (tertiary/aromatic N) is 5. The topological polar surface area (TPSA) is 62.6 Å². The molecule has 0 spiro atoms. The van der Waals surface area contributed by atoms with Gasteiger partial charge in [0.1, 0.15) is 5.65 Å². The van der Waals surface area contributed by atoms with Crippen molar-refractivity contribution in [3.8, 4) is 0 Å². The maximum atomic E-state index is 4.46. The molecule has 118 valence electrons. The van der Waals surface area contributed by atoms with E-state index in [-0.39, 0.29) is 0 Å². The summed E-state index contributed by atoms with van der Waals surface area (Å²) in [4.78, 5) is 11.8. The average Bonchev–Trinajstić information content (AvgIpc) is 3.22. The lowest BCUT2D eigenvalue weighted by Crippen LogP contribution is -2.28. The smallest absolute Gasteiger partial charge is 0.137 e. The van der Waals surface area contributed by atoms with Crippen LogP contribution in [0, 0.1) is 0 Å². The van der Waals surface area contributed by atoms with Crippen LogP contribution in [0.1, 0.15) is 24.6 Å². The molecule has 6 nitrogen and oxygen atoms in total. The largest absolute Gasteiger partial charge is 0.346 e. The maximum Gasteiger partial charge on any atom is 0.137 e. The van der Waals surface area contributed by atoms with Gasteiger partial charge in [0, 0.05) is 43.0 Å². The zero-order valence-electron chi connectivity index (χ0n) is 13.2. The Labute approximate surface area is 134 Å². The van der Waals surface area contributed by atoms with Gasteiger partial charge in [0.2, 0.25) is 0 Å². The molecule has 0 saturated carbocycles. The standard InChI is InChI=1S/C17H20N6/c1-2-23-20-10-14(21-23)12-22-8-5-13(6-9-22)16-11-19-17-15(16)4-3-7-18-17/h3-5,7,10-11H,2,6,8-9,12H2,1H3,(H,18,19). The Hall–Kier alpha value is -2.47. The number of pyridine rings is 1. The highest BCUT2D eigenvalue weighted by atomic mass is 15.5. The van der Waals surface area contributed by atoms with E-state index in [2.05, 4.69) is 50.3 Å². The van der Waals surface area contributed by atoms with Crippen LogP contribution < -0.4 is 0 Å². The number of hydrogen-bond donors (Lipinski definition) is 1. The van der Waals surface area contributed by atoms with Crippen LogP contribution in [0.2, 0.25) is 0 Å². The summed E-state index contributed by atoms with van der Waals surface area (Å²) in [6.45, 7) is 5.71. The molecule has 3 aromatic rings. The van der Waals surface area contributed by atoms with Crippen molar-refractivity contribution in [2.24, 2.45) is 0 Å². The molecule has 0 radical (unpaired) electrons. The Morgan fingerprint density at radius 2 is 2.30 bits per heavy atom. The van der Waals surface area contributed by atoms with Gasteiger partial charge in [-0.15, -0.1) is 0 Å². The predicted molar refractivity (Wildman–Crippen MR) is 89.7 cm³/mol. The Kier molecular flexibility index (Phi) is 3.67. The quantitative estimate of drug-likeness (QED) is 0.804. The first kappa shape index (κ1) is 14.1. The minimum Gasteiger partial charge on any atom is -0.346 e. The summed E-state index contributed by atoms with van der Waals surface area (Å²) in [6.07, 6.45) is 9.14. The fraction of sp³-hybridized carbons (Fsp3) is 0.353. The van der Waals surface area contributed by atoms with Gasteiger partial charge in [-0.1, -0.05) is 6.08 Å². The molecular formula is C17H20N6. The van der Waals surface area contributed by atoms with Crippen LogP contribution in [0.5, 0.6) is 0 Å². The SMILES string of the molecule is CCn1ncc(CN2CC=C(c3c[nH]c4ncccc34)CC2)n1. The van der Waals surface area contributed by atoms with Gasteiger partial charge in [0.05, 0.1) is 18.4 Å². The van der Waals surface area contributed by atoms with Crippen molar-refractivity contribution in [2.45, 2.75) is 26.4 Å². The van der Waals surface area contributed by atoms with Crippen molar-refractivity contribution in [3.63, 3.8) is 0 Å². The van der Waals surface area contributed by atoms with E-state index in [9.17, 15) is 0 Å². The molecule has 0 saturated heterocycles. The van der Waals surface area contributed by atoms with Crippen LogP contribution in [0.3, 0.4) is 0 Å². The molecule has 4 rings (SSSR count). The van der Waals surface area contributed by atoms with Crippen LogP contribution in [0.15, 0.2) is 36.8 Å². The van der Waals surface area contributed by atoms with E-state index in [0.29, 0.717) is 0 Å². The predicted octanol–water partition coefficient (Wildman–Crippen LogP) is 2.46. The molecule has 3 aromatic heterocycles. The molecule has 1 N–H and O–H groups in total. The number of aromatic amines is 1. The van der Waals surface area contributed by atoms with Crippen LogP contribution in [-0.4, -0.2) is 43.0 Å². The van der Waals surface area contributed by atoms with Crippen molar-refractivity contribution >= 4 is 16.6 Å². The lowest BCUT2D eigenvalue weighted by atomic mass is 9.99. The minimum absolute atomic E-state index is 0.818. The van der Waals surface area contributed by atoms with Crippen molar-refractivity contribution < 1.29 is 0 Å². The highest BCUT2D eigenvalue weighted by Gasteiger charge is 2.16. The van der Waals surface area contributed by atoms with Gasteiger partial charge in [-0.3, -0.25) is 4.90 Å². The first-order valence-electron chi connectivity index (χ1n) is 8.06. The Morgan fingerprint density at radius 3 is 3.09 bits per heavy atom. The fourth-order valence-electron chi connectivity index (χ4n) is 3.11. The van der Waals surface area contributed by atoms with E-state index in [0.717, 1.165) is 43.9 Å². The van der Waals surface area contributed by atoms with Gasteiger partial charge in [-0.2, -0.15) is 15.0 Å². The summed E-state index contributed by atoms with van der Waals surface area (Å²) in [5.41, 5.74) is 4.68. The van der Waals surface area contributed by atoms with E-state index in [4.69, 9.17) is 0 Å². The molecule has 1 aliphatic rings. The average molecular weight is 308 g/mol. The third-order valence-corrected chi connectivity index (χ3v) is 4.34. The number of nitrogens with one attached hydrogen (secondary N) is 1. The summed E-state index contributed by atoms with van der Waals surface area (Å²) in [7, 11) is 0. The molecule has 23 heavy (non-hydrogen) atoms. The van der Waals surface area contributed by atoms with Gasteiger partial charge < -0.3 is 4.98 Å². The Morgan fingerprint density at radius 1 is 1.35 bits per heavy atom. The number of fused-ring (bicyclic) bond motifs is 1. The van der Waals surface area contributed by atoms with Gasteiger partial charge in [-0.25, -0.2) is 4.98 Å². The van der Waals surface area contributed by atoms with E-state index < -0.39 is 0 Å². The highest BCUT2D eigenvalue weighted by Crippen LogP contribution is 2.28. The number of H-pyrrole nitrogens is 1. The lowest BCUT2D eigenvalue weighted by Gasteiger charge is -2.25. The van der Waals surface area contributed by atoms with Gasteiger partial charge in [0.15, 0.2) is 0 Å². The lowest BCUT2D eigenvalue weighted by molar-refractivity contribution is 0.289. The molecule has 6 heteroatoms. The zero-order valence-corrected chi connectivity index (χ0v) is 13.2. The third kappa shape index (κ3) is 2.77. The fourth-order valence-corrected chi connectivity index (χ4v) is 3.11. The summed E-state index contributed by atoms with van der Waals surface area (Å²) < 4.78 is 0. The molecule has 0 unspecified atom stereocenters. The van der Waals surface area contributed by atoms with Crippen LogP contribution in [-0.2, 0) is 13.1 Å². The Balaban J connectivity index is 1.48. The van der Waals surface area contributed by atoms with Crippen molar-refractivity contribution in [1.29, 1.82) is 0 Å². The van der Waals surface area contributed by atoms with Crippen molar-refractivity contribution in [2.75, 3.05) is 13.1 Å². The second-order valence-electron chi connectivity index (χ2n) is 5.84. The number of aryl methyl sites for hydroxylation is 1. The monoisotopic (exact) mass is 308 g/mol. The van der Waals surface area contributed by atoms with E-state index in [1.165, 1.54) is 16.5 Å². The summed E-state index contributed by atoms with van der Waals surface area (Å²) in [5.74, 6) is 0. The first-order chi connectivity index (χ1) is 11.3. The molecular weight excluding hydrogens is 288 g/mol. The maximum absolute atomic E-state index is 4.46.